The van der Waals surface area contributed by atoms with Gasteiger partial charge in [0.2, 0.25) is 0 Å². The molecular formula is C29H28N4O. The largest absolute Gasteiger partial charge is 0.492 e. The van der Waals surface area contributed by atoms with Gasteiger partial charge in [0.25, 0.3) is 0 Å². The van der Waals surface area contributed by atoms with E-state index in [9.17, 15) is 0 Å². The molecule has 2 aliphatic rings. The van der Waals surface area contributed by atoms with E-state index < -0.39 is 0 Å². The number of nitrogens with zero attached hydrogens (tertiary/aromatic N) is 4. The summed E-state index contributed by atoms with van der Waals surface area (Å²) in [6, 6.07) is 28.2. The van der Waals surface area contributed by atoms with E-state index in [1.54, 1.807) is 0 Å². The average Bonchev–Trinajstić information content (AvgIpc) is 3.37. The molecule has 0 bridgehead atoms. The Labute approximate surface area is 200 Å². The minimum atomic E-state index is 0.284. The average molecular weight is 449 g/mol. The van der Waals surface area contributed by atoms with Crippen LogP contribution in [0.25, 0.3) is 6.08 Å². The lowest BCUT2D eigenvalue weighted by molar-refractivity contribution is 0.106. The molecule has 34 heavy (non-hydrogen) atoms. The quantitative estimate of drug-likeness (QED) is 0.399. The molecule has 6 rings (SSSR count). The van der Waals surface area contributed by atoms with Crippen LogP contribution >= 0.6 is 0 Å². The molecule has 0 amide bonds. The van der Waals surface area contributed by atoms with Crippen molar-refractivity contribution in [1.82, 2.24) is 14.5 Å². The fourth-order valence-corrected chi connectivity index (χ4v) is 4.95. The molecule has 0 fully saturated rings. The summed E-state index contributed by atoms with van der Waals surface area (Å²) in [5.74, 6) is 1.99. The van der Waals surface area contributed by atoms with Crippen LogP contribution in [0, 0.1) is 0 Å². The standard InChI is InChI=1S/C29H28N4O/c1-3-8-23(9-4-1)19-33(20-24-10-5-2-6-11-24)25-18-26-27(12-7-13-28(26)34-21-25)31-16-14-29-30-15-17-32(29)22-31/h1-17,25H,18-22H2/t25-/m0/s1. The number of fused-ring (bicyclic) bond motifs is 2. The minimum absolute atomic E-state index is 0.284. The first-order valence-electron chi connectivity index (χ1n) is 11.9. The van der Waals surface area contributed by atoms with Crippen molar-refractivity contribution in [3.8, 4) is 5.75 Å². The second kappa shape index (κ2) is 9.20. The van der Waals surface area contributed by atoms with E-state index in [1.807, 2.05) is 12.4 Å². The Balaban J connectivity index is 1.29. The topological polar surface area (TPSA) is 33.5 Å². The molecule has 1 aromatic heterocycles. The van der Waals surface area contributed by atoms with Gasteiger partial charge in [0.15, 0.2) is 0 Å². The zero-order valence-corrected chi connectivity index (χ0v) is 19.1. The Hall–Kier alpha value is -3.83. The smallest absolute Gasteiger partial charge is 0.135 e. The van der Waals surface area contributed by atoms with Gasteiger partial charge in [-0.3, -0.25) is 4.90 Å². The van der Waals surface area contributed by atoms with E-state index in [0.29, 0.717) is 6.61 Å². The van der Waals surface area contributed by atoms with Gasteiger partial charge in [0.1, 0.15) is 24.8 Å². The van der Waals surface area contributed by atoms with E-state index in [4.69, 9.17) is 4.74 Å². The maximum Gasteiger partial charge on any atom is 0.135 e. The molecule has 0 aliphatic carbocycles. The maximum atomic E-state index is 6.37. The van der Waals surface area contributed by atoms with E-state index >= 15 is 0 Å². The first kappa shape index (κ1) is 20.8. The van der Waals surface area contributed by atoms with Gasteiger partial charge in [0.05, 0.1) is 0 Å². The second-order valence-electron chi connectivity index (χ2n) is 8.98. The molecule has 0 spiro atoms. The lowest BCUT2D eigenvalue weighted by Crippen LogP contribution is -2.42. The number of hydrogen-bond acceptors (Lipinski definition) is 4. The van der Waals surface area contributed by atoms with Crippen LogP contribution in [-0.2, 0) is 26.2 Å². The Kier molecular flexibility index (Phi) is 5.61. The first-order valence-corrected chi connectivity index (χ1v) is 11.9. The van der Waals surface area contributed by atoms with Crippen molar-refractivity contribution in [2.45, 2.75) is 32.2 Å². The summed E-state index contributed by atoms with van der Waals surface area (Å²) < 4.78 is 8.53. The third-order valence-electron chi connectivity index (χ3n) is 6.72. The van der Waals surface area contributed by atoms with Crippen molar-refractivity contribution in [2.75, 3.05) is 11.5 Å². The van der Waals surface area contributed by atoms with Crippen molar-refractivity contribution in [2.24, 2.45) is 0 Å². The van der Waals surface area contributed by atoms with Gasteiger partial charge < -0.3 is 14.2 Å². The van der Waals surface area contributed by atoms with Crippen LogP contribution in [0.4, 0.5) is 5.69 Å². The Morgan fingerprint density at radius 3 is 2.35 bits per heavy atom. The van der Waals surface area contributed by atoms with Crippen LogP contribution in [-0.4, -0.2) is 27.1 Å². The monoisotopic (exact) mass is 448 g/mol. The molecular weight excluding hydrogens is 420 g/mol. The second-order valence-corrected chi connectivity index (χ2v) is 8.98. The maximum absolute atomic E-state index is 6.37. The summed E-state index contributed by atoms with van der Waals surface area (Å²) >= 11 is 0. The van der Waals surface area contributed by atoms with Crippen molar-refractivity contribution < 1.29 is 4.74 Å². The van der Waals surface area contributed by atoms with Crippen LogP contribution in [0.2, 0.25) is 0 Å². The van der Waals surface area contributed by atoms with E-state index in [1.165, 1.54) is 22.4 Å². The number of hydrogen-bond donors (Lipinski definition) is 0. The number of aromatic nitrogens is 2. The number of imidazole rings is 1. The highest BCUT2D eigenvalue weighted by molar-refractivity contribution is 5.64. The number of ether oxygens (including phenoxy) is 1. The Bertz CT molecular complexity index is 1240. The lowest BCUT2D eigenvalue weighted by Gasteiger charge is -2.37. The van der Waals surface area contributed by atoms with E-state index in [-0.39, 0.29) is 6.04 Å². The van der Waals surface area contributed by atoms with Crippen LogP contribution < -0.4 is 9.64 Å². The molecule has 0 radical (unpaired) electrons. The van der Waals surface area contributed by atoms with Gasteiger partial charge in [-0.15, -0.1) is 0 Å². The summed E-state index contributed by atoms with van der Waals surface area (Å²) in [4.78, 5) is 9.26. The molecule has 3 heterocycles. The molecule has 2 aliphatic heterocycles. The van der Waals surface area contributed by atoms with Gasteiger partial charge >= 0.3 is 0 Å². The van der Waals surface area contributed by atoms with Gasteiger partial charge in [-0.25, -0.2) is 4.98 Å². The van der Waals surface area contributed by atoms with Crippen LogP contribution in [0.5, 0.6) is 5.75 Å². The summed E-state index contributed by atoms with van der Waals surface area (Å²) in [6.07, 6.45) is 9.04. The van der Waals surface area contributed by atoms with Crippen LogP contribution in [0.3, 0.4) is 0 Å². The van der Waals surface area contributed by atoms with E-state index in [2.05, 4.69) is 110 Å². The minimum Gasteiger partial charge on any atom is -0.492 e. The highest BCUT2D eigenvalue weighted by Crippen LogP contribution is 2.36. The molecule has 3 aromatic carbocycles. The van der Waals surface area contributed by atoms with Gasteiger partial charge in [0, 0.05) is 49.0 Å². The molecule has 1 atom stereocenters. The Morgan fingerprint density at radius 2 is 1.62 bits per heavy atom. The number of rotatable bonds is 6. The molecule has 5 nitrogen and oxygen atoms in total. The van der Waals surface area contributed by atoms with Crippen LogP contribution in [0.1, 0.15) is 22.5 Å². The highest BCUT2D eigenvalue weighted by atomic mass is 16.5. The molecule has 5 heteroatoms. The van der Waals surface area contributed by atoms with Gasteiger partial charge in [-0.05, 0) is 35.8 Å². The summed E-state index contributed by atoms with van der Waals surface area (Å²) in [7, 11) is 0. The molecule has 0 saturated carbocycles. The third kappa shape index (κ3) is 4.22. The van der Waals surface area contributed by atoms with Gasteiger partial charge in [-0.2, -0.15) is 0 Å². The fraction of sp³-hybridized carbons (Fsp3) is 0.207. The van der Waals surface area contributed by atoms with Crippen molar-refractivity contribution in [1.29, 1.82) is 0 Å². The summed E-state index contributed by atoms with van der Waals surface area (Å²) in [5.41, 5.74) is 5.13. The first-order chi connectivity index (χ1) is 16.8. The van der Waals surface area contributed by atoms with Crippen molar-refractivity contribution in [3.63, 3.8) is 0 Å². The molecule has 170 valence electrons. The number of anilines is 1. The third-order valence-corrected chi connectivity index (χ3v) is 6.72. The predicted octanol–water partition coefficient (Wildman–Crippen LogP) is 5.34. The zero-order chi connectivity index (χ0) is 22.7. The summed E-state index contributed by atoms with van der Waals surface area (Å²) in [5, 5.41) is 0. The van der Waals surface area contributed by atoms with Gasteiger partial charge in [-0.1, -0.05) is 66.7 Å². The SMILES string of the molecule is C1=CN(c2cccc3c2C[C@H](N(Cc2ccccc2)Cc2ccccc2)CO3)Cn2ccnc21. The summed E-state index contributed by atoms with van der Waals surface area (Å²) in [6.45, 7) is 3.23. The Morgan fingerprint density at radius 1 is 0.882 bits per heavy atom. The van der Waals surface area contributed by atoms with E-state index in [0.717, 1.165) is 37.8 Å². The molecule has 0 N–H and O–H groups in total. The normalized spacial score (nSPS) is 16.7. The predicted molar refractivity (Wildman–Crippen MR) is 135 cm³/mol. The zero-order valence-electron chi connectivity index (χ0n) is 19.1. The number of benzene rings is 3. The van der Waals surface area contributed by atoms with Crippen molar-refractivity contribution >= 4 is 11.8 Å². The fourth-order valence-electron chi connectivity index (χ4n) is 4.95. The molecule has 0 saturated heterocycles. The lowest BCUT2D eigenvalue weighted by atomic mass is 9.97. The van der Waals surface area contributed by atoms with Crippen LogP contribution in [0.15, 0.2) is 97.5 Å². The highest BCUT2D eigenvalue weighted by Gasteiger charge is 2.29. The molecule has 0 unspecified atom stereocenters. The molecule has 4 aromatic rings. The van der Waals surface area contributed by atoms with Crippen molar-refractivity contribution in [3.05, 3.63) is 120 Å².